The first kappa shape index (κ1) is 11.1. The Balaban J connectivity index is 2.33. The Hall–Kier alpha value is -1.36. The van der Waals surface area contributed by atoms with Crippen molar-refractivity contribution in [2.75, 3.05) is 11.4 Å². The molecule has 0 unspecified atom stereocenters. The summed E-state index contributed by atoms with van der Waals surface area (Å²) in [5.41, 5.74) is 0. The number of amides is 2. The third-order valence-electron chi connectivity index (χ3n) is 2.64. The lowest BCUT2D eigenvalue weighted by Gasteiger charge is -2.24. The number of carbonyl (C=O) groups excluding carboxylic acids is 1. The van der Waals surface area contributed by atoms with Crippen molar-refractivity contribution in [2.24, 2.45) is 5.92 Å². The van der Waals surface area contributed by atoms with Crippen LogP contribution in [0.15, 0.2) is 12.3 Å². The number of nitrogens with one attached hydrogen (secondary N) is 1. The van der Waals surface area contributed by atoms with Crippen LogP contribution in [0.4, 0.5) is 10.6 Å². The fraction of sp³-hybridized carbons (Fsp3) is 0.500. The number of nitrogens with zero attached hydrogens (tertiary/aromatic N) is 3. The molecule has 1 aromatic rings. The van der Waals surface area contributed by atoms with Crippen molar-refractivity contribution < 1.29 is 4.79 Å². The van der Waals surface area contributed by atoms with Crippen LogP contribution in [0.1, 0.15) is 13.8 Å². The zero-order valence-corrected chi connectivity index (χ0v) is 9.90. The second-order valence-corrected chi connectivity index (χ2v) is 4.39. The van der Waals surface area contributed by atoms with Crippen LogP contribution in [0.5, 0.6) is 0 Å². The van der Waals surface area contributed by atoms with Crippen molar-refractivity contribution in [3.05, 3.63) is 17.5 Å². The van der Waals surface area contributed by atoms with Crippen LogP contribution in [0.3, 0.4) is 0 Å². The van der Waals surface area contributed by atoms with Crippen molar-refractivity contribution in [3.8, 4) is 0 Å². The highest BCUT2D eigenvalue weighted by atomic mass is 35.5. The lowest BCUT2D eigenvalue weighted by molar-refractivity contribution is 0.251. The molecule has 0 aliphatic carbocycles. The second kappa shape index (κ2) is 4.25. The molecule has 2 rings (SSSR count). The van der Waals surface area contributed by atoms with E-state index in [2.05, 4.69) is 29.1 Å². The van der Waals surface area contributed by atoms with Crippen LogP contribution in [0, 0.1) is 5.92 Å². The van der Waals surface area contributed by atoms with E-state index in [-0.39, 0.29) is 17.4 Å². The minimum atomic E-state index is -0.131. The van der Waals surface area contributed by atoms with Crippen LogP contribution < -0.4 is 10.2 Å². The Morgan fingerprint density at radius 3 is 3.00 bits per heavy atom. The minimum Gasteiger partial charge on any atom is -0.336 e. The van der Waals surface area contributed by atoms with E-state index in [1.165, 1.54) is 0 Å². The average Bonchev–Trinajstić information content (AvgIpc) is 2.60. The van der Waals surface area contributed by atoms with Gasteiger partial charge < -0.3 is 5.32 Å². The molecule has 16 heavy (non-hydrogen) atoms. The topological polar surface area (TPSA) is 58.1 Å². The average molecular weight is 241 g/mol. The smallest absolute Gasteiger partial charge is 0.323 e. The van der Waals surface area contributed by atoms with Gasteiger partial charge in [-0.2, -0.15) is 0 Å². The Morgan fingerprint density at radius 1 is 1.62 bits per heavy atom. The highest BCUT2D eigenvalue weighted by molar-refractivity contribution is 6.28. The summed E-state index contributed by atoms with van der Waals surface area (Å²) < 4.78 is 0. The fourth-order valence-electron chi connectivity index (χ4n) is 1.79. The summed E-state index contributed by atoms with van der Waals surface area (Å²) in [5.74, 6) is 0.904. The molecule has 1 saturated heterocycles. The summed E-state index contributed by atoms with van der Waals surface area (Å²) in [5, 5.41) is 2.95. The number of rotatable bonds is 2. The fourth-order valence-corrected chi connectivity index (χ4v) is 1.93. The summed E-state index contributed by atoms with van der Waals surface area (Å²) in [4.78, 5) is 21.2. The minimum absolute atomic E-state index is 0.110. The van der Waals surface area contributed by atoms with Crippen LogP contribution in [0.25, 0.3) is 0 Å². The highest BCUT2D eigenvalue weighted by Gasteiger charge is 2.34. The zero-order chi connectivity index (χ0) is 11.7. The molecule has 1 fully saturated rings. The molecule has 5 nitrogen and oxygen atoms in total. The Kier molecular flexibility index (Phi) is 2.96. The van der Waals surface area contributed by atoms with E-state index in [1.54, 1.807) is 17.2 Å². The number of anilines is 1. The predicted octanol–water partition coefficient (Wildman–Crippen LogP) is 1.68. The molecule has 0 bridgehead atoms. The Bertz CT molecular complexity index is 410. The molecule has 1 aliphatic rings. The molecule has 6 heteroatoms. The van der Waals surface area contributed by atoms with Gasteiger partial charge >= 0.3 is 6.03 Å². The van der Waals surface area contributed by atoms with Crippen molar-refractivity contribution >= 4 is 23.4 Å². The number of urea groups is 1. The second-order valence-electron chi connectivity index (χ2n) is 4.05. The summed E-state index contributed by atoms with van der Waals surface area (Å²) in [6.45, 7) is 4.78. The molecular formula is C10H13ClN4O. The first-order valence-electron chi connectivity index (χ1n) is 5.15. The standard InChI is InChI=1S/C10H13ClN4O/c1-6(2)7-5-13-10(16)15(7)8-3-4-12-9(11)14-8/h3-4,6-7H,5H2,1-2H3,(H,13,16)/t7-/m1/s1. The maximum absolute atomic E-state index is 11.7. The Morgan fingerprint density at radius 2 is 2.38 bits per heavy atom. The first-order valence-corrected chi connectivity index (χ1v) is 5.53. The van der Waals surface area contributed by atoms with Gasteiger partial charge in [-0.25, -0.2) is 14.8 Å². The van der Waals surface area contributed by atoms with Gasteiger partial charge in [-0.15, -0.1) is 0 Å². The quantitative estimate of drug-likeness (QED) is 0.801. The maximum atomic E-state index is 11.7. The predicted molar refractivity (Wildman–Crippen MR) is 61.5 cm³/mol. The van der Waals surface area contributed by atoms with Crippen LogP contribution >= 0.6 is 11.6 Å². The number of carbonyl (C=O) groups is 1. The monoisotopic (exact) mass is 240 g/mol. The van der Waals surface area contributed by atoms with Gasteiger partial charge in [-0.3, -0.25) is 4.90 Å². The number of hydrogen-bond donors (Lipinski definition) is 1. The molecule has 2 heterocycles. The molecule has 86 valence electrons. The van der Waals surface area contributed by atoms with Crippen LogP contribution in [-0.2, 0) is 0 Å². The van der Waals surface area contributed by atoms with E-state index in [1.807, 2.05) is 0 Å². The SMILES string of the molecule is CC(C)[C@H]1CNC(=O)N1c1ccnc(Cl)n1. The zero-order valence-electron chi connectivity index (χ0n) is 9.14. The molecule has 0 spiro atoms. The summed E-state index contributed by atoms with van der Waals surface area (Å²) >= 11 is 5.72. The third-order valence-corrected chi connectivity index (χ3v) is 2.82. The van der Waals surface area contributed by atoms with E-state index in [0.29, 0.717) is 18.3 Å². The van der Waals surface area contributed by atoms with Gasteiger partial charge in [0.2, 0.25) is 5.28 Å². The van der Waals surface area contributed by atoms with Crippen LogP contribution in [0.2, 0.25) is 5.28 Å². The molecule has 1 aliphatic heterocycles. The molecule has 1 N–H and O–H groups in total. The third kappa shape index (κ3) is 1.95. The van der Waals surface area contributed by atoms with Crippen molar-refractivity contribution in [1.29, 1.82) is 0 Å². The largest absolute Gasteiger partial charge is 0.336 e. The van der Waals surface area contributed by atoms with Crippen molar-refractivity contribution in [2.45, 2.75) is 19.9 Å². The first-order chi connectivity index (χ1) is 7.59. The van der Waals surface area contributed by atoms with E-state index in [0.717, 1.165) is 0 Å². The molecule has 1 atom stereocenters. The molecule has 1 aromatic heterocycles. The summed E-state index contributed by atoms with van der Waals surface area (Å²) in [7, 11) is 0. The van der Waals surface area contributed by atoms with Gasteiger partial charge in [0.25, 0.3) is 0 Å². The molecule has 0 radical (unpaired) electrons. The van der Waals surface area contributed by atoms with E-state index in [4.69, 9.17) is 11.6 Å². The maximum Gasteiger partial charge on any atom is 0.323 e. The van der Waals surface area contributed by atoms with Gasteiger partial charge in [-0.05, 0) is 23.6 Å². The normalized spacial score (nSPS) is 20.4. The number of hydrogen-bond acceptors (Lipinski definition) is 3. The molecular weight excluding hydrogens is 228 g/mol. The van der Waals surface area contributed by atoms with Crippen molar-refractivity contribution in [3.63, 3.8) is 0 Å². The van der Waals surface area contributed by atoms with Crippen LogP contribution in [-0.4, -0.2) is 28.6 Å². The Labute approximate surface area is 98.8 Å². The van der Waals surface area contributed by atoms with Gasteiger partial charge in [-0.1, -0.05) is 13.8 Å². The van der Waals surface area contributed by atoms with Crippen molar-refractivity contribution in [1.82, 2.24) is 15.3 Å². The number of aromatic nitrogens is 2. The van der Waals surface area contributed by atoms with Gasteiger partial charge in [0.05, 0.1) is 6.04 Å². The van der Waals surface area contributed by atoms with E-state index >= 15 is 0 Å². The lowest BCUT2D eigenvalue weighted by Crippen LogP contribution is -2.38. The number of halogens is 1. The molecule has 0 aromatic carbocycles. The molecule has 2 amide bonds. The lowest BCUT2D eigenvalue weighted by atomic mass is 10.0. The van der Waals surface area contributed by atoms with E-state index < -0.39 is 0 Å². The summed E-state index contributed by atoms with van der Waals surface area (Å²) in [6, 6.07) is 1.67. The summed E-state index contributed by atoms with van der Waals surface area (Å²) in [6.07, 6.45) is 1.55. The molecule has 0 saturated carbocycles. The van der Waals surface area contributed by atoms with Gasteiger partial charge in [0.1, 0.15) is 5.82 Å². The van der Waals surface area contributed by atoms with Gasteiger partial charge in [0, 0.05) is 12.7 Å². The van der Waals surface area contributed by atoms with E-state index in [9.17, 15) is 4.79 Å². The van der Waals surface area contributed by atoms with Gasteiger partial charge in [0.15, 0.2) is 0 Å². The highest BCUT2D eigenvalue weighted by Crippen LogP contribution is 2.22.